The molecule has 0 aliphatic heterocycles. The van der Waals surface area contributed by atoms with Crippen molar-refractivity contribution in [3.05, 3.63) is 30.1 Å². The van der Waals surface area contributed by atoms with Crippen LogP contribution in [0.2, 0.25) is 0 Å². The van der Waals surface area contributed by atoms with E-state index < -0.39 is 0 Å². The Bertz CT molecular complexity index is 376. The summed E-state index contributed by atoms with van der Waals surface area (Å²) < 4.78 is 0. The molecule has 2 nitrogen and oxygen atoms in total. The fraction of sp³-hybridized carbons (Fsp3) is 0.737. The van der Waals surface area contributed by atoms with Crippen molar-refractivity contribution in [1.29, 1.82) is 0 Å². The zero-order valence-corrected chi connectivity index (χ0v) is 13.9. The number of hydrogen-bond donors (Lipinski definition) is 1. The van der Waals surface area contributed by atoms with Crippen molar-refractivity contribution in [3.63, 3.8) is 0 Å². The lowest BCUT2D eigenvalue weighted by Gasteiger charge is -2.36. The quantitative estimate of drug-likeness (QED) is 0.715. The number of rotatable bonds is 8. The van der Waals surface area contributed by atoms with Crippen LogP contribution in [0, 0.1) is 17.8 Å². The van der Waals surface area contributed by atoms with Crippen molar-refractivity contribution < 1.29 is 0 Å². The van der Waals surface area contributed by atoms with E-state index in [-0.39, 0.29) is 0 Å². The second-order valence-electron chi connectivity index (χ2n) is 6.75. The normalized spacial score (nSPS) is 25.9. The molecule has 3 unspecified atom stereocenters. The van der Waals surface area contributed by atoms with Gasteiger partial charge in [-0.15, -0.1) is 0 Å². The van der Waals surface area contributed by atoms with E-state index in [1.54, 1.807) is 0 Å². The largest absolute Gasteiger partial charge is 0.316 e. The van der Waals surface area contributed by atoms with E-state index in [9.17, 15) is 0 Å². The summed E-state index contributed by atoms with van der Waals surface area (Å²) in [6.07, 6.45) is 13.4. The summed E-state index contributed by atoms with van der Waals surface area (Å²) in [6, 6.07) is 4.39. The molecule has 0 saturated heterocycles. The minimum absolute atomic E-state index is 0.849. The number of nitrogens with one attached hydrogen (secondary N) is 1. The van der Waals surface area contributed by atoms with E-state index in [0.717, 1.165) is 24.3 Å². The third-order valence-electron chi connectivity index (χ3n) is 5.03. The summed E-state index contributed by atoms with van der Waals surface area (Å²) in [4.78, 5) is 4.15. The van der Waals surface area contributed by atoms with Gasteiger partial charge in [0, 0.05) is 12.4 Å². The average molecular weight is 288 g/mol. The van der Waals surface area contributed by atoms with Crippen molar-refractivity contribution in [2.75, 3.05) is 13.1 Å². The summed E-state index contributed by atoms with van der Waals surface area (Å²) in [6.45, 7) is 6.95. The van der Waals surface area contributed by atoms with Crippen LogP contribution in [0.4, 0.5) is 0 Å². The molecule has 0 bridgehead atoms. The monoisotopic (exact) mass is 288 g/mol. The van der Waals surface area contributed by atoms with Crippen LogP contribution in [-0.4, -0.2) is 18.1 Å². The predicted octanol–water partition coefficient (Wildman–Crippen LogP) is 4.46. The molecule has 1 aromatic rings. The zero-order chi connectivity index (χ0) is 14.9. The minimum atomic E-state index is 0.849. The Balaban J connectivity index is 1.94. The average Bonchev–Trinajstić information content (AvgIpc) is 2.51. The summed E-state index contributed by atoms with van der Waals surface area (Å²) in [5.41, 5.74) is 1.47. The molecule has 1 fully saturated rings. The molecule has 0 radical (unpaired) electrons. The SMILES string of the molecule is CCCNCC1CCC(CCC)CC1Cc1ccncc1. The Kier molecular flexibility index (Phi) is 7.21. The Morgan fingerprint density at radius 2 is 1.90 bits per heavy atom. The molecule has 1 heterocycles. The second-order valence-corrected chi connectivity index (χ2v) is 6.75. The fourth-order valence-corrected chi connectivity index (χ4v) is 3.90. The maximum Gasteiger partial charge on any atom is 0.0270 e. The molecular formula is C19H32N2. The first-order chi connectivity index (χ1) is 10.3. The van der Waals surface area contributed by atoms with Gasteiger partial charge in [-0.2, -0.15) is 0 Å². The molecule has 2 heteroatoms. The molecule has 2 rings (SSSR count). The van der Waals surface area contributed by atoms with Gasteiger partial charge < -0.3 is 5.32 Å². The minimum Gasteiger partial charge on any atom is -0.316 e. The number of nitrogens with zero attached hydrogens (tertiary/aromatic N) is 1. The fourth-order valence-electron chi connectivity index (χ4n) is 3.90. The number of hydrogen-bond acceptors (Lipinski definition) is 2. The predicted molar refractivity (Wildman–Crippen MR) is 90.3 cm³/mol. The first kappa shape index (κ1) is 16.5. The summed E-state index contributed by atoms with van der Waals surface area (Å²) in [5.74, 6) is 2.67. The molecule has 0 aromatic carbocycles. The van der Waals surface area contributed by atoms with Crippen molar-refractivity contribution in [2.24, 2.45) is 17.8 Å². The maximum absolute atomic E-state index is 4.15. The second kappa shape index (κ2) is 9.19. The van der Waals surface area contributed by atoms with Gasteiger partial charge in [0.1, 0.15) is 0 Å². The molecular weight excluding hydrogens is 256 g/mol. The van der Waals surface area contributed by atoms with E-state index in [1.807, 2.05) is 12.4 Å². The van der Waals surface area contributed by atoms with Crippen LogP contribution in [0.3, 0.4) is 0 Å². The summed E-state index contributed by atoms with van der Waals surface area (Å²) in [7, 11) is 0. The molecule has 21 heavy (non-hydrogen) atoms. The molecule has 1 aliphatic rings. The van der Waals surface area contributed by atoms with Gasteiger partial charge in [0.15, 0.2) is 0 Å². The van der Waals surface area contributed by atoms with Crippen LogP contribution >= 0.6 is 0 Å². The van der Waals surface area contributed by atoms with E-state index >= 15 is 0 Å². The third-order valence-corrected chi connectivity index (χ3v) is 5.03. The topological polar surface area (TPSA) is 24.9 Å². The van der Waals surface area contributed by atoms with Crippen molar-refractivity contribution in [2.45, 2.75) is 58.8 Å². The Hall–Kier alpha value is -0.890. The van der Waals surface area contributed by atoms with Gasteiger partial charge in [-0.25, -0.2) is 0 Å². The highest BCUT2D eigenvalue weighted by atomic mass is 14.9. The van der Waals surface area contributed by atoms with Gasteiger partial charge in [0.2, 0.25) is 0 Å². The van der Waals surface area contributed by atoms with Crippen LogP contribution in [0.1, 0.15) is 57.9 Å². The van der Waals surface area contributed by atoms with Gasteiger partial charge in [0.25, 0.3) is 0 Å². The highest BCUT2D eigenvalue weighted by Gasteiger charge is 2.29. The number of pyridine rings is 1. The lowest BCUT2D eigenvalue weighted by molar-refractivity contribution is 0.167. The van der Waals surface area contributed by atoms with Gasteiger partial charge in [-0.3, -0.25) is 4.98 Å². The van der Waals surface area contributed by atoms with Gasteiger partial charge >= 0.3 is 0 Å². The molecule has 1 aliphatic carbocycles. The van der Waals surface area contributed by atoms with Gasteiger partial charge in [-0.1, -0.05) is 33.1 Å². The first-order valence-corrected chi connectivity index (χ1v) is 8.93. The zero-order valence-electron chi connectivity index (χ0n) is 13.9. The lowest BCUT2D eigenvalue weighted by atomic mass is 9.70. The maximum atomic E-state index is 4.15. The van der Waals surface area contributed by atoms with E-state index in [0.29, 0.717) is 0 Å². The summed E-state index contributed by atoms with van der Waals surface area (Å²) in [5, 5.41) is 3.66. The standard InChI is InChI=1S/C19H32N2/c1-3-5-16-6-7-18(15-21-10-4-2)19(13-16)14-17-8-11-20-12-9-17/h8-9,11-12,16,18-19,21H,3-7,10,13-15H2,1-2H3. The van der Waals surface area contributed by atoms with Crippen molar-refractivity contribution in [3.8, 4) is 0 Å². The van der Waals surface area contributed by atoms with Crippen molar-refractivity contribution >= 4 is 0 Å². The molecule has 118 valence electrons. The lowest BCUT2D eigenvalue weighted by Crippen LogP contribution is -2.34. The molecule has 1 aromatic heterocycles. The highest BCUT2D eigenvalue weighted by molar-refractivity contribution is 5.11. The van der Waals surface area contributed by atoms with Crippen LogP contribution in [0.25, 0.3) is 0 Å². The molecule has 1 saturated carbocycles. The van der Waals surface area contributed by atoms with Crippen LogP contribution in [-0.2, 0) is 6.42 Å². The smallest absolute Gasteiger partial charge is 0.0270 e. The van der Waals surface area contributed by atoms with Crippen molar-refractivity contribution in [1.82, 2.24) is 10.3 Å². The third kappa shape index (κ3) is 5.43. The van der Waals surface area contributed by atoms with Gasteiger partial charge in [-0.05, 0) is 74.2 Å². The molecule has 3 atom stereocenters. The molecule has 0 spiro atoms. The van der Waals surface area contributed by atoms with E-state index in [1.165, 1.54) is 57.1 Å². The Labute approximate surface area is 130 Å². The van der Waals surface area contributed by atoms with Crippen LogP contribution < -0.4 is 5.32 Å². The summed E-state index contributed by atoms with van der Waals surface area (Å²) >= 11 is 0. The molecule has 0 amide bonds. The Morgan fingerprint density at radius 1 is 1.10 bits per heavy atom. The first-order valence-electron chi connectivity index (χ1n) is 8.93. The van der Waals surface area contributed by atoms with Crippen LogP contribution in [0.5, 0.6) is 0 Å². The van der Waals surface area contributed by atoms with E-state index in [2.05, 4.69) is 36.3 Å². The Morgan fingerprint density at radius 3 is 2.62 bits per heavy atom. The van der Waals surface area contributed by atoms with Crippen LogP contribution in [0.15, 0.2) is 24.5 Å². The molecule has 1 N–H and O–H groups in total. The number of aromatic nitrogens is 1. The van der Waals surface area contributed by atoms with E-state index in [4.69, 9.17) is 0 Å². The van der Waals surface area contributed by atoms with Gasteiger partial charge in [0.05, 0.1) is 0 Å². The highest BCUT2D eigenvalue weighted by Crippen LogP contribution is 2.37.